The van der Waals surface area contributed by atoms with Crippen molar-refractivity contribution in [1.82, 2.24) is 9.47 Å². The fraction of sp³-hybridized carbons (Fsp3) is 0.271. The third kappa shape index (κ3) is 10.7. The number of nitrogens with zero attached hydrogens (tertiary/aromatic N) is 5. The number of halogens is 1. The van der Waals surface area contributed by atoms with E-state index < -0.39 is 14.9 Å². The van der Waals surface area contributed by atoms with Crippen LogP contribution < -0.4 is 19.8 Å². The van der Waals surface area contributed by atoms with E-state index in [1.54, 1.807) is 30.8 Å². The Kier molecular flexibility index (Phi) is 14.2. The molecule has 1 fully saturated rings. The Morgan fingerprint density at radius 1 is 0.857 bits per heavy atom. The summed E-state index contributed by atoms with van der Waals surface area (Å²) >= 11 is 7.89. The number of rotatable bonds is 17. The molecule has 2 heterocycles. The van der Waals surface area contributed by atoms with Crippen LogP contribution >= 0.6 is 23.4 Å². The van der Waals surface area contributed by atoms with Gasteiger partial charge in [-0.25, -0.2) is 8.42 Å². The summed E-state index contributed by atoms with van der Waals surface area (Å²) in [4.78, 5) is 32.3. The van der Waals surface area contributed by atoms with E-state index in [4.69, 9.17) is 11.6 Å². The fourth-order valence-corrected chi connectivity index (χ4v) is 10.2. The number of piperazine rings is 1. The lowest BCUT2D eigenvalue weighted by Gasteiger charge is -2.37. The van der Waals surface area contributed by atoms with Gasteiger partial charge in [0, 0.05) is 94.9 Å². The third-order valence-corrected chi connectivity index (χ3v) is 14.2. The van der Waals surface area contributed by atoms with Gasteiger partial charge in [-0.2, -0.15) is 0 Å². The molecule has 0 bridgehead atoms. The number of hydrogen-bond acceptors (Lipinski definition) is 10. The standard InChI is InChI=1S/C48H52ClN7O5S2/c1-33-46(34(2)57)47(48(53(33)5)35-14-16-37(49)17-15-35)36-10-9-11-41(30-36)55-28-26-54(27-29-55)40-20-18-38(19-21-40)51-63(60,61)43-22-23-44(45(31-43)56(58)59)50-39(24-25-52(3)4)32-62-42-12-7-6-8-13-42/h6-23,30-31,39,50-51H,24-29,32H2,1-5H3/t39-/m1/s1. The number of nitrogens with one attached hydrogen (secondary N) is 2. The number of Topliss-reactive ketones (excluding diaryl/α,β-unsaturated/α-hetero) is 1. The Balaban J connectivity index is 1.01. The van der Waals surface area contributed by atoms with Gasteiger partial charge in [0.15, 0.2) is 5.78 Å². The minimum absolute atomic E-state index is 0.0105. The number of hydrogen-bond donors (Lipinski definition) is 2. The molecule has 2 N–H and O–H groups in total. The monoisotopic (exact) mass is 905 g/mol. The minimum atomic E-state index is -4.15. The molecule has 1 atom stereocenters. The van der Waals surface area contributed by atoms with E-state index in [0.717, 1.165) is 89.6 Å². The van der Waals surface area contributed by atoms with Crippen LogP contribution in [0.25, 0.3) is 22.4 Å². The summed E-state index contributed by atoms with van der Waals surface area (Å²) in [7, 11) is 1.79. The predicted octanol–water partition coefficient (Wildman–Crippen LogP) is 10.1. The van der Waals surface area contributed by atoms with Gasteiger partial charge in [0.1, 0.15) is 5.69 Å². The van der Waals surface area contributed by atoms with Crippen LogP contribution in [-0.2, 0) is 17.1 Å². The van der Waals surface area contributed by atoms with Crippen molar-refractivity contribution in [3.63, 3.8) is 0 Å². The van der Waals surface area contributed by atoms with Crippen LogP contribution in [0.3, 0.4) is 0 Å². The lowest BCUT2D eigenvalue weighted by Crippen LogP contribution is -2.46. The molecular weight excluding hydrogens is 854 g/mol. The number of thioether (sulfide) groups is 1. The normalized spacial score (nSPS) is 13.6. The van der Waals surface area contributed by atoms with Gasteiger partial charge in [-0.3, -0.25) is 19.6 Å². The first kappa shape index (κ1) is 45.2. The Morgan fingerprint density at radius 3 is 2.16 bits per heavy atom. The smallest absolute Gasteiger partial charge is 0.293 e. The van der Waals surface area contributed by atoms with Gasteiger partial charge in [0.25, 0.3) is 15.7 Å². The van der Waals surface area contributed by atoms with Crippen LogP contribution in [0.4, 0.5) is 28.4 Å². The van der Waals surface area contributed by atoms with Crippen molar-refractivity contribution >= 4 is 67.6 Å². The molecular formula is C48H52ClN7O5S2. The second-order valence-electron chi connectivity index (χ2n) is 16.0. The number of sulfonamides is 1. The first-order chi connectivity index (χ1) is 30.2. The van der Waals surface area contributed by atoms with Crippen molar-refractivity contribution in [3.05, 3.63) is 148 Å². The molecule has 0 aliphatic carbocycles. The van der Waals surface area contributed by atoms with E-state index in [-0.39, 0.29) is 28.1 Å². The van der Waals surface area contributed by atoms with Gasteiger partial charge >= 0.3 is 0 Å². The maximum Gasteiger partial charge on any atom is 0.293 e. The van der Waals surface area contributed by atoms with Crippen LogP contribution in [-0.4, -0.2) is 87.2 Å². The summed E-state index contributed by atoms with van der Waals surface area (Å²) in [6.45, 7) is 7.34. The molecule has 0 radical (unpaired) electrons. The number of ketones is 1. The highest BCUT2D eigenvalue weighted by Crippen LogP contribution is 2.41. The molecule has 1 aliphatic rings. The molecule has 1 aliphatic heterocycles. The second-order valence-corrected chi connectivity index (χ2v) is 19.2. The summed E-state index contributed by atoms with van der Waals surface area (Å²) < 4.78 is 31.9. The molecule has 0 saturated carbocycles. The molecule has 1 saturated heterocycles. The highest BCUT2D eigenvalue weighted by molar-refractivity contribution is 7.99. The van der Waals surface area contributed by atoms with Gasteiger partial charge in [-0.05, 0) is 125 Å². The van der Waals surface area contributed by atoms with Gasteiger partial charge in [0.05, 0.1) is 15.5 Å². The molecule has 7 rings (SSSR count). The Hall–Kier alpha value is -5.80. The van der Waals surface area contributed by atoms with E-state index in [1.807, 2.05) is 101 Å². The van der Waals surface area contributed by atoms with E-state index in [2.05, 4.69) is 47.5 Å². The maximum absolute atomic E-state index is 13.6. The van der Waals surface area contributed by atoms with Gasteiger partial charge < -0.3 is 24.6 Å². The molecule has 0 spiro atoms. The number of carbonyl (C=O) groups is 1. The lowest BCUT2D eigenvalue weighted by molar-refractivity contribution is -0.384. The summed E-state index contributed by atoms with van der Waals surface area (Å²) in [6, 6.07) is 37.1. The summed E-state index contributed by atoms with van der Waals surface area (Å²) in [5, 5.41) is 16.3. The van der Waals surface area contributed by atoms with Crippen molar-refractivity contribution in [1.29, 1.82) is 0 Å². The van der Waals surface area contributed by atoms with Crippen LogP contribution in [0.5, 0.6) is 0 Å². The number of nitro groups is 1. The van der Waals surface area contributed by atoms with Gasteiger partial charge in [0.2, 0.25) is 0 Å². The highest BCUT2D eigenvalue weighted by atomic mass is 35.5. The van der Waals surface area contributed by atoms with Crippen molar-refractivity contribution < 1.29 is 18.1 Å². The topological polar surface area (TPSA) is 133 Å². The maximum atomic E-state index is 13.6. The van der Waals surface area contributed by atoms with Crippen molar-refractivity contribution in [3.8, 4) is 22.4 Å². The molecule has 12 nitrogen and oxygen atoms in total. The van der Waals surface area contributed by atoms with Gasteiger partial charge in [-0.15, -0.1) is 11.8 Å². The molecule has 6 aromatic rings. The van der Waals surface area contributed by atoms with Crippen LogP contribution in [0, 0.1) is 17.0 Å². The number of carbonyl (C=O) groups excluding carboxylic acids is 1. The third-order valence-electron chi connectivity index (χ3n) is 11.4. The van der Waals surface area contributed by atoms with Crippen molar-refractivity contribution in [2.75, 3.05) is 72.4 Å². The van der Waals surface area contributed by atoms with Crippen molar-refractivity contribution in [2.45, 2.75) is 36.1 Å². The fourth-order valence-electron chi connectivity index (χ4n) is 7.99. The molecule has 328 valence electrons. The van der Waals surface area contributed by atoms with E-state index in [1.165, 1.54) is 12.1 Å². The van der Waals surface area contributed by atoms with Crippen LogP contribution in [0.2, 0.25) is 5.02 Å². The highest BCUT2D eigenvalue weighted by Gasteiger charge is 2.27. The second kappa shape index (κ2) is 19.7. The summed E-state index contributed by atoms with van der Waals surface area (Å²) in [6.07, 6.45) is 0.733. The Morgan fingerprint density at radius 2 is 1.52 bits per heavy atom. The summed E-state index contributed by atoms with van der Waals surface area (Å²) in [5.41, 5.74) is 7.73. The minimum Gasteiger partial charge on any atom is -0.376 e. The largest absolute Gasteiger partial charge is 0.376 e. The van der Waals surface area contributed by atoms with E-state index >= 15 is 0 Å². The average molecular weight is 907 g/mol. The number of anilines is 4. The van der Waals surface area contributed by atoms with Crippen molar-refractivity contribution in [2.24, 2.45) is 7.05 Å². The first-order valence-corrected chi connectivity index (χ1v) is 23.6. The molecule has 1 aromatic heterocycles. The Bertz CT molecular complexity index is 2680. The number of aromatic nitrogens is 1. The number of benzene rings is 5. The zero-order chi connectivity index (χ0) is 44.8. The van der Waals surface area contributed by atoms with E-state index in [0.29, 0.717) is 22.0 Å². The SMILES string of the molecule is CC(=O)c1c(-c2cccc(N3CCN(c4ccc(NS(=O)(=O)c5ccc(N[C@H](CCN(C)C)CSc6ccccc6)c([N+](=O)[O-])c5)cc4)CC3)c2)c(-c2ccc(Cl)cc2)n(C)c1C. The molecule has 0 amide bonds. The number of nitro benzene ring substituents is 1. The average Bonchev–Trinajstić information content (AvgIpc) is 3.54. The zero-order valence-electron chi connectivity index (χ0n) is 36.0. The molecule has 5 aromatic carbocycles. The first-order valence-electron chi connectivity index (χ1n) is 20.8. The lowest BCUT2D eigenvalue weighted by atomic mass is 9.95. The molecule has 0 unspecified atom stereocenters. The molecule has 63 heavy (non-hydrogen) atoms. The van der Waals surface area contributed by atoms with Crippen LogP contribution in [0.1, 0.15) is 29.4 Å². The van der Waals surface area contributed by atoms with Gasteiger partial charge in [-0.1, -0.05) is 54.1 Å². The van der Waals surface area contributed by atoms with Crippen LogP contribution in [0.15, 0.2) is 131 Å². The zero-order valence-corrected chi connectivity index (χ0v) is 38.4. The molecule has 15 heteroatoms. The summed E-state index contributed by atoms with van der Waals surface area (Å²) in [5.74, 6) is 0.679. The Labute approximate surface area is 379 Å². The quantitative estimate of drug-likeness (QED) is 0.0395. The van der Waals surface area contributed by atoms with E-state index in [9.17, 15) is 23.3 Å². The predicted molar refractivity (Wildman–Crippen MR) is 259 cm³/mol.